The van der Waals surface area contributed by atoms with Crippen LogP contribution in [-0.4, -0.2) is 28.7 Å². The molecule has 3 fully saturated rings. The zero-order valence-corrected chi connectivity index (χ0v) is 16.0. The van der Waals surface area contributed by atoms with Gasteiger partial charge in [-0.3, -0.25) is 19.3 Å². The minimum Gasteiger partial charge on any atom is -0.324 e. The molecule has 3 amide bonds. The van der Waals surface area contributed by atoms with Gasteiger partial charge in [-0.2, -0.15) is 0 Å². The summed E-state index contributed by atoms with van der Waals surface area (Å²) in [7, 11) is 0. The number of hydrogen-bond acceptors (Lipinski definition) is 3. The third kappa shape index (κ3) is 2.61. The molecule has 4 rings (SSSR count). The standard InChI is InChI=1S/C18H18BrClN2O3/c1-8(16(23)21-11-4-5-12(19)13(20)7-11)22-17(24)14-9-2-3-10(6-9)15(14)18(22)25/h4-5,7-10,14-15H,2-3,6H2,1H3,(H,21,23)/t8-,9-,10+,14+,15+/m1/s1. The van der Waals surface area contributed by atoms with E-state index in [0.717, 1.165) is 23.7 Å². The van der Waals surface area contributed by atoms with Crippen molar-refractivity contribution in [2.24, 2.45) is 23.7 Å². The first kappa shape index (κ1) is 17.0. The van der Waals surface area contributed by atoms with Gasteiger partial charge in [-0.1, -0.05) is 11.6 Å². The molecule has 1 heterocycles. The summed E-state index contributed by atoms with van der Waals surface area (Å²) in [5.41, 5.74) is 0.532. The Morgan fingerprint density at radius 2 is 1.84 bits per heavy atom. The molecule has 3 aliphatic rings. The van der Waals surface area contributed by atoms with E-state index in [-0.39, 0.29) is 29.6 Å². The van der Waals surface area contributed by atoms with Crippen LogP contribution in [0.4, 0.5) is 5.69 Å². The highest BCUT2D eigenvalue weighted by atomic mass is 79.9. The summed E-state index contributed by atoms with van der Waals surface area (Å²) in [6, 6.07) is 4.24. The van der Waals surface area contributed by atoms with Gasteiger partial charge in [0.2, 0.25) is 17.7 Å². The lowest BCUT2D eigenvalue weighted by molar-refractivity contribution is -0.146. The van der Waals surface area contributed by atoms with E-state index in [4.69, 9.17) is 11.6 Å². The summed E-state index contributed by atoms with van der Waals surface area (Å²) in [5.74, 6) is -0.494. The summed E-state index contributed by atoms with van der Waals surface area (Å²) >= 11 is 9.33. The molecule has 132 valence electrons. The average molecular weight is 426 g/mol. The zero-order valence-electron chi connectivity index (χ0n) is 13.7. The van der Waals surface area contributed by atoms with Gasteiger partial charge in [0.15, 0.2) is 0 Å². The van der Waals surface area contributed by atoms with Crippen LogP contribution in [0.1, 0.15) is 26.2 Å². The van der Waals surface area contributed by atoms with Crippen molar-refractivity contribution < 1.29 is 14.4 Å². The van der Waals surface area contributed by atoms with Gasteiger partial charge in [0.1, 0.15) is 6.04 Å². The fourth-order valence-corrected chi connectivity index (χ4v) is 5.18. The van der Waals surface area contributed by atoms with Gasteiger partial charge in [0.05, 0.1) is 16.9 Å². The smallest absolute Gasteiger partial charge is 0.247 e. The molecule has 2 bridgehead atoms. The minimum absolute atomic E-state index is 0.168. The molecule has 1 N–H and O–H groups in total. The molecule has 5 nitrogen and oxygen atoms in total. The first-order valence-corrected chi connectivity index (χ1v) is 9.68. The van der Waals surface area contributed by atoms with E-state index in [2.05, 4.69) is 21.2 Å². The fraction of sp³-hybridized carbons (Fsp3) is 0.500. The van der Waals surface area contributed by atoms with Crippen LogP contribution in [0, 0.1) is 23.7 Å². The topological polar surface area (TPSA) is 66.5 Å². The molecule has 0 unspecified atom stereocenters. The van der Waals surface area contributed by atoms with E-state index < -0.39 is 6.04 Å². The van der Waals surface area contributed by atoms with Crippen LogP contribution in [0.25, 0.3) is 0 Å². The Labute approximate surface area is 159 Å². The van der Waals surface area contributed by atoms with Gasteiger partial charge in [0.25, 0.3) is 0 Å². The number of likely N-dealkylation sites (tertiary alicyclic amines) is 1. The summed E-state index contributed by atoms with van der Waals surface area (Å²) < 4.78 is 0.730. The van der Waals surface area contributed by atoms with Crippen molar-refractivity contribution in [3.8, 4) is 0 Å². The number of anilines is 1. The maximum absolute atomic E-state index is 12.8. The minimum atomic E-state index is -0.826. The molecular formula is C18H18BrClN2O3. The maximum Gasteiger partial charge on any atom is 0.247 e. The predicted octanol–water partition coefficient (Wildman–Crippen LogP) is 3.46. The number of carbonyl (C=O) groups is 3. The molecule has 0 aromatic heterocycles. The van der Waals surface area contributed by atoms with E-state index in [1.165, 1.54) is 4.90 Å². The van der Waals surface area contributed by atoms with Crippen molar-refractivity contribution in [2.75, 3.05) is 5.32 Å². The molecular weight excluding hydrogens is 408 g/mol. The number of carbonyl (C=O) groups excluding carboxylic acids is 3. The van der Waals surface area contributed by atoms with Crippen molar-refractivity contribution in [3.05, 3.63) is 27.7 Å². The second kappa shape index (κ2) is 6.09. The van der Waals surface area contributed by atoms with Gasteiger partial charge in [-0.25, -0.2) is 0 Å². The van der Waals surface area contributed by atoms with Crippen LogP contribution in [-0.2, 0) is 14.4 Å². The van der Waals surface area contributed by atoms with Crippen molar-refractivity contribution in [1.29, 1.82) is 0 Å². The van der Waals surface area contributed by atoms with Crippen LogP contribution >= 0.6 is 27.5 Å². The van der Waals surface area contributed by atoms with Crippen LogP contribution in [0.5, 0.6) is 0 Å². The van der Waals surface area contributed by atoms with E-state index >= 15 is 0 Å². The largest absolute Gasteiger partial charge is 0.324 e. The summed E-state index contributed by atoms with van der Waals surface area (Å²) in [5, 5.41) is 3.22. The van der Waals surface area contributed by atoms with Gasteiger partial charge in [0, 0.05) is 10.2 Å². The van der Waals surface area contributed by atoms with Gasteiger partial charge < -0.3 is 5.32 Å². The zero-order chi connectivity index (χ0) is 17.9. The Kier molecular flexibility index (Phi) is 4.15. The quantitative estimate of drug-likeness (QED) is 0.754. The van der Waals surface area contributed by atoms with Gasteiger partial charge >= 0.3 is 0 Å². The number of fused-ring (bicyclic) bond motifs is 5. The third-order valence-corrected chi connectivity index (χ3v) is 7.15. The number of imide groups is 1. The van der Waals surface area contributed by atoms with Crippen LogP contribution in [0.2, 0.25) is 5.02 Å². The van der Waals surface area contributed by atoms with Crippen LogP contribution < -0.4 is 5.32 Å². The second-order valence-electron chi connectivity index (χ2n) is 7.23. The molecule has 2 aliphatic carbocycles. The van der Waals surface area contributed by atoms with Gasteiger partial charge in [-0.05, 0) is 72.2 Å². The highest BCUT2D eigenvalue weighted by molar-refractivity contribution is 9.10. The number of rotatable bonds is 3. The first-order chi connectivity index (χ1) is 11.9. The van der Waals surface area contributed by atoms with Crippen molar-refractivity contribution in [3.63, 3.8) is 0 Å². The second-order valence-corrected chi connectivity index (χ2v) is 8.49. The van der Waals surface area contributed by atoms with E-state index in [9.17, 15) is 14.4 Å². The fourth-order valence-electron chi connectivity index (χ4n) is 4.75. The van der Waals surface area contributed by atoms with Crippen molar-refractivity contribution in [2.45, 2.75) is 32.2 Å². The molecule has 5 atom stereocenters. The molecule has 0 spiro atoms. The first-order valence-electron chi connectivity index (χ1n) is 8.51. The summed E-state index contributed by atoms with van der Waals surface area (Å²) in [6.45, 7) is 1.61. The Bertz CT molecular complexity index is 756. The SMILES string of the molecule is C[C@H](C(=O)Nc1ccc(Br)c(Cl)c1)N1C(=O)[C@H]2[C@@H]3CC[C@@H](C3)[C@@H]2C1=O. The lowest BCUT2D eigenvalue weighted by Crippen LogP contribution is -2.46. The number of halogens is 2. The molecule has 2 saturated carbocycles. The summed E-state index contributed by atoms with van der Waals surface area (Å²) in [4.78, 5) is 39.3. The maximum atomic E-state index is 12.8. The third-order valence-electron chi connectivity index (χ3n) is 5.92. The number of amides is 3. The molecule has 7 heteroatoms. The van der Waals surface area contributed by atoms with Crippen molar-refractivity contribution >= 4 is 50.9 Å². The normalized spacial score (nSPS) is 31.4. The Morgan fingerprint density at radius 3 is 2.40 bits per heavy atom. The van der Waals surface area contributed by atoms with Crippen LogP contribution in [0.15, 0.2) is 22.7 Å². The Balaban J connectivity index is 1.51. The number of nitrogens with one attached hydrogen (secondary N) is 1. The van der Waals surface area contributed by atoms with Crippen molar-refractivity contribution in [1.82, 2.24) is 4.90 Å². The lowest BCUT2D eigenvalue weighted by atomic mass is 9.81. The monoisotopic (exact) mass is 424 g/mol. The Morgan fingerprint density at radius 1 is 1.24 bits per heavy atom. The average Bonchev–Trinajstić information content (AvgIpc) is 3.24. The number of nitrogens with zero attached hydrogens (tertiary/aromatic N) is 1. The van der Waals surface area contributed by atoms with E-state index in [1.54, 1.807) is 25.1 Å². The highest BCUT2D eigenvalue weighted by Crippen LogP contribution is 2.56. The highest BCUT2D eigenvalue weighted by Gasteiger charge is 2.62. The predicted molar refractivity (Wildman–Crippen MR) is 96.9 cm³/mol. The molecule has 1 saturated heterocycles. The molecule has 1 aromatic rings. The van der Waals surface area contributed by atoms with Crippen LogP contribution in [0.3, 0.4) is 0 Å². The van der Waals surface area contributed by atoms with E-state index in [1.807, 2.05) is 0 Å². The van der Waals surface area contributed by atoms with Gasteiger partial charge in [-0.15, -0.1) is 0 Å². The molecule has 1 aliphatic heterocycles. The lowest BCUT2D eigenvalue weighted by Gasteiger charge is -2.23. The molecule has 0 radical (unpaired) electrons. The molecule has 25 heavy (non-hydrogen) atoms. The number of benzene rings is 1. The Hall–Kier alpha value is -1.40. The van der Waals surface area contributed by atoms with E-state index in [0.29, 0.717) is 22.5 Å². The number of hydrogen-bond donors (Lipinski definition) is 1. The molecule has 1 aromatic carbocycles. The summed E-state index contributed by atoms with van der Waals surface area (Å²) in [6.07, 6.45) is 3.03.